The van der Waals surface area contributed by atoms with Crippen LogP contribution in [0.2, 0.25) is 0 Å². The monoisotopic (exact) mass is 438 g/mol. The number of hydrogen-bond acceptors (Lipinski definition) is 7. The first-order chi connectivity index (χ1) is 14.9. The van der Waals surface area contributed by atoms with E-state index in [2.05, 4.69) is 17.1 Å². The van der Waals surface area contributed by atoms with Gasteiger partial charge in [-0.3, -0.25) is 4.79 Å². The molecule has 1 aromatic heterocycles. The number of nitriles is 2. The van der Waals surface area contributed by atoms with Crippen molar-refractivity contribution in [2.24, 2.45) is 11.5 Å². The number of carbonyl (C=O) groups is 1. The molecule has 1 aromatic carbocycles. The van der Waals surface area contributed by atoms with E-state index in [4.69, 9.17) is 11.5 Å². The van der Waals surface area contributed by atoms with E-state index in [1.54, 1.807) is 29.2 Å². The average molecular weight is 439 g/mol. The fraction of sp³-hybridized carbons (Fsp3) is 0.364. The summed E-state index contributed by atoms with van der Waals surface area (Å²) in [5.74, 6) is -0.261. The lowest BCUT2D eigenvalue weighted by Crippen LogP contribution is -2.36. The molecule has 2 heterocycles. The first-order valence-electron chi connectivity index (χ1n) is 9.89. The third kappa shape index (κ3) is 4.48. The summed E-state index contributed by atoms with van der Waals surface area (Å²) in [7, 11) is 0. The Morgan fingerprint density at radius 1 is 1.32 bits per heavy atom. The minimum Gasteiger partial charge on any atom is -0.368 e. The molecule has 1 amide bonds. The predicted octanol–water partition coefficient (Wildman–Crippen LogP) is 2.58. The van der Waals surface area contributed by atoms with Crippen LogP contribution in [0, 0.1) is 22.7 Å². The van der Waals surface area contributed by atoms with Crippen molar-refractivity contribution in [2.45, 2.75) is 35.7 Å². The minimum absolute atomic E-state index is 0.0161. The van der Waals surface area contributed by atoms with Crippen LogP contribution in [0.3, 0.4) is 0 Å². The molecule has 3 rings (SSSR count). The summed E-state index contributed by atoms with van der Waals surface area (Å²) in [6.45, 7) is 2.08. The Morgan fingerprint density at radius 3 is 2.52 bits per heavy atom. The van der Waals surface area contributed by atoms with Crippen LogP contribution in [-0.2, 0) is 11.2 Å². The standard InChI is InChI=1S/C22H23FN6OS/c1-2-15-16(10-24)20(29-9-8-22(23,12-26)13-29)28-21(17(15)11-25)31-18(19(27)30)14-6-4-3-5-7-14/h3-7,18H,2,8-9,12-13,26H2,1H3,(H2,27,30). The van der Waals surface area contributed by atoms with Crippen LogP contribution in [-0.4, -0.2) is 36.2 Å². The molecule has 1 fully saturated rings. The molecule has 2 atom stereocenters. The van der Waals surface area contributed by atoms with Crippen molar-refractivity contribution in [1.29, 1.82) is 10.5 Å². The van der Waals surface area contributed by atoms with Crippen molar-refractivity contribution >= 4 is 23.5 Å². The summed E-state index contributed by atoms with van der Waals surface area (Å²) in [5.41, 5.74) is 11.4. The fourth-order valence-corrected chi connectivity index (χ4v) is 4.77. The smallest absolute Gasteiger partial charge is 0.235 e. The molecule has 9 heteroatoms. The SMILES string of the molecule is CCc1c(C#N)c(SC(C(N)=O)c2ccccc2)nc(N2CCC(F)(CN)C2)c1C#N. The van der Waals surface area contributed by atoms with Crippen molar-refractivity contribution in [3.8, 4) is 12.1 Å². The van der Waals surface area contributed by atoms with Crippen LogP contribution in [0.5, 0.6) is 0 Å². The summed E-state index contributed by atoms with van der Waals surface area (Å²) >= 11 is 1.07. The molecule has 0 radical (unpaired) electrons. The van der Waals surface area contributed by atoms with Gasteiger partial charge in [-0.25, -0.2) is 9.37 Å². The highest BCUT2D eigenvalue weighted by Gasteiger charge is 2.39. The second-order valence-electron chi connectivity index (χ2n) is 7.38. The molecule has 0 saturated carbocycles. The number of nitrogens with two attached hydrogens (primary N) is 2. The Bertz CT molecular complexity index is 1060. The maximum atomic E-state index is 14.8. The van der Waals surface area contributed by atoms with Crippen LogP contribution < -0.4 is 16.4 Å². The molecule has 160 valence electrons. The third-order valence-corrected chi connectivity index (χ3v) is 6.64. The molecule has 0 bridgehead atoms. The number of aromatic nitrogens is 1. The first kappa shape index (κ1) is 22.5. The van der Waals surface area contributed by atoms with E-state index in [0.717, 1.165) is 11.8 Å². The number of primary amides is 1. The van der Waals surface area contributed by atoms with Gasteiger partial charge in [-0.1, -0.05) is 49.0 Å². The zero-order valence-electron chi connectivity index (χ0n) is 17.1. The number of carbonyl (C=O) groups excluding carboxylic acids is 1. The fourth-order valence-electron chi connectivity index (χ4n) is 3.71. The second kappa shape index (κ2) is 9.34. The average Bonchev–Trinajstić information content (AvgIpc) is 3.19. The second-order valence-corrected chi connectivity index (χ2v) is 8.48. The number of benzene rings is 1. The van der Waals surface area contributed by atoms with Crippen molar-refractivity contribution < 1.29 is 9.18 Å². The lowest BCUT2D eigenvalue weighted by atomic mass is 10.0. The molecule has 1 saturated heterocycles. The van der Waals surface area contributed by atoms with Gasteiger partial charge in [0.05, 0.1) is 17.7 Å². The highest BCUT2D eigenvalue weighted by molar-refractivity contribution is 8.00. The number of amides is 1. The van der Waals surface area contributed by atoms with Gasteiger partial charge in [0.1, 0.15) is 33.9 Å². The Hall–Kier alpha value is -3.14. The molecular weight excluding hydrogens is 415 g/mol. The van der Waals surface area contributed by atoms with Crippen molar-refractivity contribution in [1.82, 2.24) is 4.98 Å². The van der Waals surface area contributed by atoms with E-state index in [-0.39, 0.29) is 30.6 Å². The molecule has 0 spiro atoms. The van der Waals surface area contributed by atoms with Gasteiger partial charge in [0.15, 0.2) is 0 Å². The number of hydrogen-bond donors (Lipinski definition) is 2. The Morgan fingerprint density at radius 2 is 2.00 bits per heavy atom. The molecule has 1 aliphatic rings. The van der Waals surface area contributed by atoms with Gasteiger partial charge in [-0.05, 0) is 17.5 Å². The zero-order valence-corrected chi connectivity index (χ0v) is 18.0. The van der Waals surface area contributed by atoms with E-state index in [1.807, 2.05) is 13.0 Å². The largest absolute Gasteiger partial charge is 0.368 e. The summed E-state index contributed by atoms with van der Waals surface area (Å²) in [6.07, 6.45) is 0.640. The van der Waals surface area contributed by atoms with Crippen LogP contribution >= 0.6 is 11.8 Å². The molecule has 4 N–H and O–H groups in total. The predicted molar refractivity (Wildman–Crippen MR) is 117 cm³/mol. The molecule has 7 nitrogen and oxygen atoms in total. The van der Waals surface area contributed by atoms with Gasteiger partial charge in [0.2, 0.25) is 5.91 Å². The highest BCUT2D eigenvalue weighted by Crippen LogP contribution is 2.40. The topological polar surface area (TPSA) is 133 Å². The van der Waals surface area contributed by atoms with Gasteiger partial charge in [-0.15, -0.1) is 0 Å². The summed E-state index contributed by atoms with van der Waals surface area (Å²) in [5, 5.41) is 19.2. The highest BCUT2D eigenvalue weighted by atomic mass is 32.2. The third-order valence-electron chi connectivity index (χ3n) is 5.39. The van der Waals surface area contributed by atoms with Gasteiger partial charge in [-0.2, -0.15) is 10.5 Å². The van der Waals surface area contributed by atoms with E-state index >= 15 is 0 Å². The lowest BCUT2D eigenvalue weighted by Gasteiger charge is -2.24. The molecule has 2 aromatic rings. The van der Waals surface area contributed by atoms with Gasteiger partial charge < -0.3 is 16.4 Å². The molecule has 31 heavy (non-hydrogen) atoms. The van der Waals surface area contributed by atoms with Crippen molar-refractivity contribution in [2.75, 3.05) is 24.5 Å². The Kier molecular flexibility index (Phi) is 6.79. The first-order valence-corrected chi connectivity index (χ1v) is 10.8. The van der Waals surface area contributed by atoms with E-state index in [9.17, 15) is 19.7 Å². The number of rotatable bonds is 7. The zero-order chi connectivity index (χ0) is 22.6. The van der Waals surface area contributed by atoms with E-state index in [0.29, 0.717) is 34.9 Å². The number of anilines is 1. The van der Waals surface area contributed by atoms with Crippen LogP contribution in [0.25, 0.3) is 0 Å². The number of nitrogens with zero attached hydrogens (tertiary/aromatic N) is 4. The van der Waals surface area contributed by atoms with Crippen LogP contribution in [0.15, 0.2) is 35.4 Å². The maximum Gasteiger partial charge on any atom is 0.235 e. The maximum absolute atomic E-state index is 14.8. The van der Waals surface area contributed by atoms with Crippen LogP contribution in [0.1, 0.15) is 40.8 Å². The van der Waals surface area contributed by atoms with E-state index in [1.165, 1.54) is 0 Å². The number of pyridine rings is 1. The summed E-state index contributed by atoms with van der Waals surface area (Å²) in [6, 6.07) is 13.2. The van der Waals surface area contributed by atoms with Gasteiger partial charge >= 0.3 is 0 Å². The number of thioether (sulfide) groups is 1. The molecular formula is C22H23FN6OS. The van der Waals surface area contributed by atoms with Crippen LogP contribution in [0.4, 0.5) is 10.2 Å². The normalized spacial score (nSPS) is 18.9. The molecule has 1 aliphatic heterocycles. The van der Waals surface area contributed by atoms with E-state index < -0.39 is 16.8 Å². The molecule has 2 unspecified atom stereocenters. The Balaban J connectivity index is 2.13. The van der Waals surface area contributed by atoms with Gasteiger partial charge in [0, 0.05) is 19.5 Å². The quantitative estimate of drug-likeness (QED) is 0.635. The Labute approximate surface area is 184 Å². The van der Waals surface area contributed by atoms with Crippen molar-refractivity contribution in [3.05, 3.63) is 52.6 Å². The van der Waals surface area contributed by atoms with Gasteiger partial charge in [0.25, 0.3) is 0 Å². The lowest BCUT2D eigenvalue weighted by molar-refractivity contribution is -0.117. The van der Waals surface area contributed by atoms with Crippen molar-refractivity contribution in [3.63, 3.8) is 0 Å². The number of halogens is 1. The minimum atomic E-state index is -1.55. The molecule has 0 aliphatic carbocycles. The summed E-state index contributed by atoms with van der Waals surface area (Å²) in [4.78, 5) is 18.5. The summed E-state index contributed by atoms with van der Waals surface area (Å²) < 4.78 is 14.8. The number of alkyl halides is 1.